The fraction of sp³-hybridized carbons (Fsp3) is 0.310. The van der Waals surface area contributed by atoms with E-state index >= 15 is 0 Å². The highest BCUT2D eigenvalue weighted by atomic mass is 16.5. The van der Waals surface area contributed by atoms with Gasteiger partial charge in [-0.05, 0) is 36.6 Å². The number of carbonyl (C=O) groups excluding carboxylic acids is 1. The van der Waals surface area contributed by atoms with E-state index in [1.165, 1.54) is 26.0 Å². The monoisotopic (exact) mass is 478 g/mol. The van der Waals surface area contributed by atoms with Crippen molar-refractivity contribution in [1.82, 2.24) is 0 Å². The number of phenolic OH excluding ortho intramolecular Hbond substituents is 1. The predicted octanol–water partition coefficient (Wildman–Crippen LogP) is 6.54. The number of carboxylic acid groups (broad SMARTS) is 1. The van der Waals surface area contributed by atoms with Crippen molar-refractivity contribution in [1.29, 1.82) is 0 Å². The second-order valence-corrected chi connectivity index (χ2v) is 7.94. The zero-order chi connectivity index (χ0) is 25.6. The summed E-state index contributed by atoms with van der Waals surface area (Å²) in [5.41, 5.74) is 2.06. The number of phenols is 1. The minimum Gasteiger partial charge on any atom is -0.507 e. The van der Waals surface area contributed by atoms with Crippen molar-refractivity contribution in [2.75, 3.05) is 13.7 Å². The number of para-hydroxylation sites is 1. The molecule has 0 aliphatic rings. The van der Waals surface area contributed by atoms with Crippen molar-refractivity contribution in [3.8, 4) is 17.2 Å². The number of ketones is 1. The Morgan fingerprint density at radius 1 is 0.857 bits per heavy atom. The van der Waals surface area contributed by atoms with Gasteiger partial charge in [0.15, 0.2) is 5.78 Å². The molecule has 3 aromatic rings. The minimum absolute atomic E-state index is 0.0711. The van der Waals surface area contributed by atoms with E-state index in [1.54, 1.807) is 48.5 Å². The molecule has 0 aliphatic carbocycles. The van der Waals surface area contributed by atoms with Crippen molar-refractivity contribution < 1.29 is 29.3 Å². The summed E-state index contributed by atoms with van der Waals surface area (Å²) >= 11 is 0. The van der Waals surface area contributed by atoms with Gasteiger partial charge in [-0.3, -0.25) is 4.79 Å². The number of carboxylic acids is 1. The van der Waals surface area contributed by atoms with Crippen molar-refractivity contribution in [2.24, 2.45) is 0 Å². The Balaban J connectivity index is 0.000000247. The van der Waals surface area contributed by atoms with Gasteiger partial charge in [-0.1, -0.05) is 75.6 Å². The first kappa shape index (κ1) is 27.4. The first-order chi connectivity index (χ1) is 16.9. The van der Waals surface area contributed by atoms with Gasteiger partial charge in [0, 0.05) is 11.6 Å². The molecule has 6 heteroatoms. The molecule has 3 rings (SSSR count). The number of aryl methyl sites for hydroxylation is 1. The number of aromatic carboxylic acids is 1. The molecule has 186 valence electrons. The van der Waals surface area contributed by atoms with E-state index < -0.39 is 5.97 Å². The number of hydrogen-bond donors (Lipinski definition) is 2. The number of aromatic hydroxyl groups is 1. The molecular weight excluding hydrogens is 444 g/mol. The third-order valence-corrected chi connectivity index (χ3v) is 5.44. The third kappa shape index (κ3) is 8.18. The zero-order valence-electron chi connectivity index (χ0n) is 20.6. The maximum Gasteiger partial charge on any atom is 0.339 e. The smallest absolute Gasteiger partial charge is 0.339 e. The Morgan fingerprint density at radius 2 is 1.60 bits per heavy atom. The second-order valence-electron chi connectivity index (χ2n) is 7.94. The molecule has 0 bridgehead atoms. The summed E-state index contributed by atoms with van der Waals surface area (Å²) in [6, 6.07) is 18.8. The lowest BCUT2D eigenvalue weighted by Gasteiger charge is -2.13. The lowest BCUT2D eigenvalue weighted by Crippen LogP contribution is -2.07. The lowest BCUT2D eigenvalue weighted by atomic mass is 10.0. The molecule has 0 saturated carbocycles. The van der Waals surface area contributed by atoms with Crippen LogP contribution in [-0.2, 0) is 6.42 Å². The van der Waals surface area contributed by atoms with Crippen LogP contribution < -0.4 is 9.47 Å². The van der Waals surface area contributed by atoms with Gasteiger partial charge in [-0.2, -0.15) is 0 Å². The molecule has 0 aromatic heterocycles. The summed E-state index contributed by atoms with van der Waals surface area (Å²) in [5.74, 6) is -0.131. The quantitative estimate of drug-likeness (QED) is 0.240. The standard InChI is InChI=1S/C15H22O3.C14H12O3/c1-3-5-6-7-11-18-14-12(4-2)9-8-10-13(14)15(16)17;1-17-11-7-8-12(13(15)9-11)14(16)10-5-3-2-4-6-10/h8-10H,3-7,11H2,1-2H3,(H,16,17);2-9,15H,1H3. The van der Waals surface area contributed by atoms with Crippen LogP contribution in [0.4, 0.5) is 0 Å². The van der Waals surface area contributed by atoms with Gasteiger partial charge in [-0.15, -0.1) is 0 Å². The molecular formula is C29H34O6. The van der Waals surface area contributed by atoms with E-state index in [9.17, 15) is 14.7 Å². The fourth-order valence-electron chi connectivity index (χ4n) is 3.48. The average Bonchev–Trinajstić information content (AvgIpc) is 2.88. The molecule has 0 heterocycles. The van der Waals surface area contributed by atoms with Crippen LogP contribution in [-0.4, -0.2) is 35.7 Å². The van der Waals surface area contributed by atoms with Crippen LogP contribution in [0.25, 0.3) is 0 Å². The van der Waals surface area contributed by atoms with Gasteiger partial charge in [0.05, 0.1) is 19.3 Å². The van der Waals surface area contributed by atoms with Crippen LogP contribution in [0.3, 0.4) is 0 Å². The number of unbranched alkanes of at least 4 members (excludes halogenated alkanes) is 3. The van der Waals surface area contributed by atoms with E-state index in [0.29, 0.717) is 23.7 Å². The molecule has 3 aromatic carbocycles. The molecule has 0 spiro atoms. The molecule has 0 radical (unpaired) electrons. The Labute approximate surface area is 207 Å². The van der Waals surface area contributed by atoms with Gasteiger partial charge >= 0.3 is 5.97 Å². The second kappa shape index (κ2) is 14.5. The summed E-state index contributed by atoms with van der Waals surface area (Å²) in [5, 5.41) is 18.9. The Morgan fingerprint density at radius 3 is 2.20 bits per heavy atom. The topological polar surface area (TPSA) is 93.1 Å². The van der Waals surface area contributed by atoms with Crippen LogP contribution in [0.5, 0.6) is 17.2 Å². The van der Waals surface area contributed by atoms with Crippen molar-refractivity contribution in [2.45, 2.75) is 46.0 Å². The first-order valence-electron chi connectivity index (χ1n) is 11.9. The van der Waals surface area contributed by atoms with Crippen LogP contribution in [0.15, 0.2) is 66.7 Å². The van der Waals surface area contributed by atoms with Gasteiger partial charge < -0.3 is 19.7 Å². The number of benzene rings is 3. The molecule has 0 unspecified atom stereocenters. The van der Waals surface area contributed by atoms with Crippen LogP contribution >= 0.6 is 0 Å². The van der Waals surface area contributed by atoms with Crippen molar-refractivity contribution in [3.63, 3.8) is 0 Å². The van der Waals surface area contributed by atoms with Crippen molar-refractivity contribution in [3.05, 3.63) is 89.0 Å². The van der Waals surface area contributed by atoms with E-state index in [-0.39, 0.29) is 22.7 Å². The molecule has 2 N–H and O–H groups in total. The fourth-order valence-corrected chi connectivity index (χ4v) is 3.48. The highest BCUT2D eigenvalue weighted by Crippen LogP contribution is 2.26. The first-order valence-corrected chi connectivity index (χ1v) is 11.9. The predicted molar refractivity (Wildman–Crippen MR) is 137 cm³/mol. The van der Waals surface area contributed by atoms with E-state index in [0.717, 1.165) is 24.8 Å². The van der Waals surface area contributed by atoms with Crippen LogP contribution in [0.1, 0.15) is 71.4 Å². The Hall–Kier alpha value is -3.80. The number of rotatable bonds is 11. The third-order valence-electron chi connectivity index (χ3n) is 5.44. The summed E-state index contributed by atoms with van der Waals surface area (Å²) in [6.45, 7) is 4.76. The average molecular weight is 479 g/mol. The molecule has 0 amide bonds. The van der Waals surface area contributed by atoms with Gasteiger partial charge in [0.25, 0.3) is 0 Å². The minimum atomic E-state index is -0.922. The largest absolute Gasteiger partial charge is 0.507 e. The highest BCUT2D eigenvalue weighted by Gasteiger charge is 2.15. The Bertz CT molecular complexity index is 1090. The number of hydrogen-bond acceptors (Lipinski definition) is 5. The van der Waals surface area contributed by atoms with E-state index in [4.69, 9.17) is 14.6 Å². The molecule has 0 aliphatic heterocycles. The maximum absolute atomic E-state index is 12.1. The van der Waals surface area contributed by atoms with Gasteiger partial charge in [0.2, 0.25) is 0 Å². The molecule has 0 saturated heterocycles. The molecule has 0 atom stereocenters. The molecule has 35 heavy (non-hydrogen) atoms. The SMILES string of the molecule is CCCCCCOc1c(CC)cccc1C(=O)O.COc1ccc(C(=O)c2ccccc2)c(O)c1. The van der Waals surface area contributed by atoms with Gasteiger partial charge in [-0.25, -0.2) is 4.79 Å². The number of ether oxygens (including phenoxy) is 2. The molecule has 0 fully saturated rings. The zero-order valence-corrected chi connectivity index (χ0v) is 20.6. The Kier molecular flexibility index (Phi) is 11.3. The summed E-state index contributed by atoms with van der Waals surface area (Å²) in [7, 11) is 1.51. The summed E-state index contributed by atoms with van der Waals surface area (Å²) in [4.78, 5) is 23.2. The van der Waals surface area contributed by atoms with E-state index in [2.05, 4.69) is 6.92 Å². The van der Waals surface area contributed by atoms with Crippen LogP contribution in [0, 0.1) is 0 Å². The molecule has 6 nitrogen and oxygen atoms in total. The lowest BCUT2D eigenvalue weighted by molar-refractivity contribution is 0.0691. The van der Waals surface area contributed by atoms with Crippen molar-refractivity contribution >= 4 is 11.8 Å². The number of methoxy groups -OCH3 is 1. The highest BCUT2D eigenvalue weighted by molar-refractivity contribution is 6.10. The van der Waals surface area contributed by atoms with Crippen LogP contribution in [0.2, 0.25) is 0 Å². The summed E-state index contributed by atoms with van der Waals surface area (Å²) < 4.78 is 10.7. The number of carbonyl (C=O) groups is 2. The van der Waals surface area contributed by atoms with Gasteiger partial charge in [0.1, 0.15) is 22.8 Å². The maximum atomic E-state index is 12.1. The normalized spacial score (nSPS) is 10.1. The summed E-state index contributed by atoms with van der Waals surface area (Å²) in [6.07, 6.45) is 5.28. The van der Waals surface area contributed by atoms with E-state index in [1.807, 2.05) is 19.1 Å².